The van der Waals surface area contributed by atoms with Crippen LogP contribution in [-0.2, 0) is 0 Å². The molecule has 0 saturated heterocycles. The van der Waals surface area contributed by atoms with E-state index < -0.39 is 0 Å². The predicted molar refractivity (Wildman–Crippen MR) is 68.6 cm³/mol. The monoisotopic (exact) mass is 296 g/mol. The zero-order valence-electron chi connectivity index (χ0n) is 9.04. The number of anilines is 3. The molecule has 88 valence electrons. The van der Waals surface area contributed by atoms with Crippen LogP contribution in [0.15, 0.2) is 29.1 Å². The van der Waals surface area contributed by atoms with E-state index in [1.54, 1.807) is 13.0 Å². The van der Waals surface area contributed by atoms with E-state index in [-0.39, 0.29) is 5.82 Å². The van der Waals surface area contributed by atoms with Gasteiger partial charge in [-0.3, -0.25) is 0 Å². The van der Waals surface area contributed by atoms with Crippen LogP contribution in [0.3, 0.4) is 0 Å². The van der Waals surface area contributed by atoms with Gasteiger partial charge in [-0.05, 0) is 40.5 Å². The molecule has 0 radical (unpaired) electrons. The Bertz CT molecular complexity index is 559. The molecule has 0 atom stereocenters. The highest BCUT2D eigenvalue weighted by molar-refractivity contribution is 9.10. The topological polar surface area (TPSA) is 63.8 Å². The quantitative estimate of drug-likeness (QED) is 0.894. The van der Waals surface area contributed by atoms with E-state index in [2.05, 4.69) is 31.2 Å². The van der Waals surface area contributed by atoms with Crippen molar-refractivity contribution >= 4 is 33.1 Å². The molecule has 0 aliphatic carbocycles. The number of hydrogen-bond acceptors (Lipinski definition) is 4. The molecule has 0 spiro atoms. The second-order valence-electron chi connectivity index (χ2n) is 3.53. The Morgan fingerprint density at radius 3 is 2.88 bits per heavy atom. The Labute approximate surface area is 106 Å². The largest absolute Gasteiger partial charge is 0.394 e. The first kappa shape index (κ1) is 11.8. The molecule has 0 unspecified atom stereocenters. The van der Waals surface area contributed by atoms with Crippen molar-refractivity contribution in [3.8, 4) is 0 Å². The lowest BCUT2D eigenvalue weighted by Crippen LogP contribution is -2.01. The highest BCUT2D eigenvalue weighted by Crippen LogP contribution is 2.27. The molecule has 0 aliphatic heterocycles. The number of halogens is 2. The zero-order chi connectivity index (χ0) is 12.4. The van der Waals surface area contributed by atoms with Crippen LogP contribution in [0.2, 0.25) is 0 Å². The normalized spacial score (nSPS) is 10.3. The van der Waals surface area contributed by atoms with Gasteiger partial charge in [0.25, 0.3) is 0 Å². The van der Waals surface area contributed by atoms with Crippen LogP contribution in [0.5, 0.6) is 0 Å². The lowest BCUT2D eigenvalue weighted by molar-refractivity contribution is 0.620. The van der Waals surface area contributed by atoms with Crippen molar-refractivity contribution in [2.75, 3.05) is 11.1 Å². The van der Waals surface area contributed by atoms with Gasteiger partial charge in [0.1, 0.15) is 12.1 Å². The summed E-state index contributed by atoms with van der Waals surface area (Å²) in [5.74, 6) is 0.199. The number of rotatable bonds is 2. The van der Waals surface area contributed by atoms with E-state index in [0.29, 0.717) is 16.0 Å². The maximum Gasteiger partial charge on any atom is 0.157 e. The van der Waals surface area contributed by atoms with Gasteiger partial charge in [0, 0.05) is 5.69 Å². The maximum absolute atomic E-state index is 13.3. The first-order chi connectivity index (χ1) is 8.08. The van der Waals surface area contributed by atoms with Gasteiger partial charge in [0.05, 0.1) is 16.4 Å². The number of aryl methyl sites for hydroxylation is 1. The predicted octanol–water partition coefficient (Wildman–Crippen LogP) is 3.01. The summed E-state index contributed by atoms with van der Waals surface area (Å²) in [7, 11) is 0. The Kier molecular flexibility index (Phi) is 3.23. The summed E-state index contributed by atoms with van der Waals surface area (Å²) in [6.07, 6.45) is 2.90. The number of aromatic nitrogens is 2. The minimum Gasteiger partial charge on any atom is -0.394 e. The molecule has 2 rings (SSSR count). The summed E-state index contributed by atoms with van der Waals surface area (Å²) < 4.78 is 13.6. The molecule has 1 aromatic heterocycles. The summed E-state index contributed by atoms with van der Waals surface area (Å²) >= 11 is 3.13. The van der Waals surface area contributed by atoms with Gasteiger partial charge >= 0.3 is 0 Å². The number of nitrogens with two attached hydrogens (primary N) is 1. The Hall–Kier alpha value is -1.69. The van der Waals surface area contributed by atoms with Crippen molar-refractivity contribution in [3.63, 3.8) is 0 Å². The first-order valence-electron chi connectivity index (χ1n) is 4.86. The van der Waals surface area contributed by atoms with Crippen molar-refractivity contribution in [2.24, 2.45) is 0 Å². The van der Waals surface area contributed by atoms with Gasteiger partial charge in [-0.15, -0.1) is 0 Å². The van der Waals surface area contributed by atoms with Gasteiger partial charge in [0.15, 0.2) is 5.82 Å². The third-order valence-electron chi connectivity index (χ3n) is 2.26. The summed E-state index contributed by atoms with van der Waals surface area (Å²) in [5, 5.41) is 3.04. The van der Waals surface area contributed by atoms with Crippen LogP contribution in [0, 0.1) is 12.7 Å². The van der Waals surface area contributed by atoms with Crippen molar-refractivity contribution < 1.29 is 4.39 Å². The smallest absolute Gasteiger partial charge is 0.157 e. The molecular weight excluding hydrogens is 287 g/mol. The van der Waals surface area contributed by atoms with E-state index >= 15 is 0 Å². The number of nitrogens with zero attached hydrogens (tertiary/aromatic N) is 2. The second kappa shape index (κ2) is 4.67. The first-order valence-corrected chi connectivity index (χ1v) is 5.65. The van der Waals surface area contributed by atoms with E-state index in [9.17, 15) is 4.39 Å². The Balaban J connectivity index is 2.37. The molecule has 0 bridgehead atoms. The standard InChI is InChI=1S/C11H10BrFN4/c1-6-2-8(13)7(12)3-10(6)17-11-9(14)4-15-5-16-11/h2-5H,14H2,1H3,(H,15,16,17). The average molecular weight is 297 g/mol. The highest BCUT2D eigenvalue weighted by atomic mass is 79.9. The molecule has 0 saturated carbocycles. The average Bonchev–Trinajstić information content (AvgIpc) is 2.29. The number of benzene rings is 1. The lowest BCUT2D eigenvalue weighted by atomic mass is 10.2. The van der Waals surface area contributed by atoms with Crippen LogP contribution in [0.25, 0.3) is 0 Å². The fourth-order valence-corrected chi connectivity index (χ4v) is 1.70. The summed E-state index contributed by atoms with van der Waals surface area (Å²) in [4.78, 5) is 7.81. The molecule has 1 aromatic carbocycles. The fourth-order valence-electron chi connectivity index (χ4n) is 1.35. The van der Waals surface area contributed by atoms with Crippen LogP contribution >= 0.6 is 15.9 Å². The molecule has 2 aromatic rings. The molecule has 6 heteroatoms. The molecule has 0 amide bonds. The summed E-state index contributed by atoms with van der Waals surface area (Å²) in [6.45, 7) is 1.80. The molecule has 0 fully saturated rings. The fraction of sp³-hybridized carbons (Fsp3) is 0.0909. The summed E-state index contributed by atoms with van der Waals surface area (Å²) in [6, 6.07) is 3.08. The van der Waals surface area contributed by atoms with Crippen molar-refractivity contribution in [3.05, 3.63) is 40.5 Å². The van der Waals surface area contributed by atoms with E-state index in [1.807, 2.05) is 0 Å². The third kappa shape index (κ3) is 2.52. The van der Waals surface area contributed by atoms with Crippen molar-refractivity contribution in [2.45, 2.75) is 6.92 Å². The molecule has 1 heterocycles. The van der Waals surface area contributed by atoms with Crippen LogP contribution < -0.4 is 11.1 Å². The van der Waals surface area contributed by atoms with Gasteiger partial charge in [-0.1, -0.05) is 0 Å². The van der Waals surface area contributed by atoms with Gasteiger partial charge in [-0.2, -0.15) is 0 Å². The molecular formula is C11H10BrFN4. The minimum absolute atomic E-state index is 0.302. The molecule has 3 N–H and O–H groups in total. The number of nitrogen functional groups attached to an aromatic ring is 1. The molecule has 17 heavy (non-hydrogen) atoms. The maximum atomic E-state index is 13.3. The highest BCUT2D eigenvalue weighted by Gasteiger charge is 2.07. The van der Waals surface area contributed by atoms with Crippen LogP contribution in [-0.4, -0.2) is 9.97 Å². The lowest BCUT2D eigenvalue weighted by Gasteiger charge is -2.11. The van der Waals surface area contributed by atoms with Gasteiger partial charge in [0.2, 0.25) is 0 Å². The Morgan fingerprint density at radius 1 is 1.41 bits per heavy atom. The Morgan fingerprint density at radius 2 is 2.18 bits per heavy atom. The van der Waals surface area contributed by atoms with E-state index in [4.69, 9.17) is 5.73 Å². The van der Waals surface area contributed by atoms with Gasteiger partial charge < -0.3 is 11.1 Å². The van der Waals surface area contributed by atoms with E-state index in [0.717, 1.165) is 11.3 Å². The SMILES string of the molecule is Cc1cc(F)c(Br)cc1Nc1ncncc1N. The molecule has 0 aliphatic rings. The van der Waals surface area contributed by atoms with Gasteiger partial charge in [-0.25, -0.2) is 14.4 Å². The van der Waals surface area contributed by atoms with Crippen molar-refractivity contribution in [1.29, 1.82) is 0 Å². The van der Waals surface area contributed by atoms with E-state index in [1.165, 1.54) is 18.6 Å². The third-order valence-corrected chi connectivity index (χ3v) is 2.87. The second-order valence-corrected chi connectivity index (χ2v) is 4.39. The van der Waals surface area contributed by atoms with Crippen molar-refractivity contribution in [1.82, 2.24) is 9.97 Å². The summed E-state index contributed by atoms with van der Waals surface area (Å²) in [5.41, 5.74) is 7.66. The zero-order valence-corrected chi connectivity index (χ0v) is 10.6. The minimum atomic E-state index is -0.302. The molecule has 4 nitrogen and oxygen atoms in total. The van der Waals surface area contributed by atoms with Crippen LogP contribution in [0.1, 0.15) is 5.56 Å². The number of nitrogens with one attached hydrogen (secondary N) is 1. The number of hydrogen-bond donors (Lipinski definition) is 2. The van der Waals surface area contributed by atoms with Crippen LogP contribution in [0.4, 0.5) is 21.6 Å².